The zero-order chi connectivity index (χ0) is 20.4. The molecular formula is C23H26N2O4. The summed E-state index contributed by atoms with van der Waals surface area (Å²) in [7, 11) is 1.59. The summed E-state index contributed by atoms with van der Waals surface area (Å²) in [6.45, 7) is 3.59. The maximum Gasteiger partial charge on any atom is 0.255 e. The van der Waals surface area contributed by atoms with Gasteiger partial charge in [-0.25, -0.2) is 0 Å². The van der Waals surface area contributed by atoms with Crippen molar-refractivity contribution in [3.63, 3.8) is 0 Å². The predicted molar refractivity (Wildman–Crippen MR) is 109 cm³/mol. The summed E-state index contributed by atoms with van der Waals surface area (Å²) in [5.74, 6) is 1.00. The molecule has 2 aromatic rings. The number of hydrogen-bond acceptors (Lipinski definition) is 4. The van der Waals surface area contributed by atoms with E-state index in [0.717, 1.165) is 5.56 Å². The second-order valence-electron chi connectivity index (χ2n) is 7.79. The van der Waals surface area contributed by atoms with Crippen LogP contribution in [0.1, 0.15) is 41.6 Å². The maximum atomic E-state index is 13.0. The number of hydrogen-bond donors (Lipinski definition) is 1. The lowest BCUT2D eigenvalue weighted by molar-refractivity contribution is -0.135. The number of likely N-dealkylation sites (tertiary alicyclic amines) is 1. The SMILES string of the molecule is COc1ccc2c(c1)OC1(CCN(C(=O)C(C)c3ccccc3)CC1)CNC2=O. The van der Waals surface area contributed by atoms with Crippen molar-refractivity contribution < 1.29 is 19.1 Å². The molecule has 4 rings (SSSR count). The van der Waals surface area contributed by atoms with E-state index in [1.54, 1.807) is 25.3 Å². The Morgan fingerprint density at radius 1 is 1.17 bits per heavy atom. The lowest BCUT2D eigenvalue weighted by atomic mass is 9.89. The third kappa shape index (κ3) is 3.79. The second kappa shape index (κ2) is 7.78. The van der Waals surface area contributed by atoms with Crippen LogP contribution in [0.25, 0.3) is 0 Å². The minimum absolute atomic E-state index is 0.130. The standard InChI is InChI=1S/C23H26N2O4/c1-16(17-6-4-3-5-7-17)22(27)25-12-10-23(11-13-25)15-24-21(26)19-9-8-18(28-2)14-20(19)29-23/h3-9,14,16H,10-13,15H2,1-2H3,(H,24,26). The Labute approximate surface area is 170 Å². The Morgan fingerprint density at radius 3 is 2.59 bits per heavy atom. The smallest absolute Gasteiger partial charge is 0.255 e. The van der Waals surface area contributed by atoms with Crippen LogP contribution in [0, 0.1) is 0 Å². The summed E-state index contributed by atoms with van der Waals surface area (Å²) in [6, 6.07) is 15.1. The van der Waals surface area contributed by atoms with Crippen LogP contribution in [0.4, 0.5) is 0 Å². The van der Waals surface area contributed by atoms with Gasteiger partial charge in [-0.3, -0.25) is 9.59 Å². The fraction of sp³-hybridized carbons (Fsp3) is 0.391. The Balaban J connectivity index is 1.48. The van der Waals surface area contributed by atoms with Crippen molar-refractivity contribution in [2.75, 3.05) is 26.7 Å². The van der Waals surface area contributed by atoms with E-state index in [4.69, 9.17) is 9.47 Å². The van der Waals surface area contributed by atoms with Crippen LogP contribution < -0.4 is 14.8 Å². The molecule has 6 nitrogen and oxygen atoms in total. The monoisotopic (exact) mass is 394 g/mol. The van der Waals surface area contributed by atoms with Gasteiger partial charge in [0.1, 0.15) is 17.1 Å². The molecule has 0 saturated carbocycles. The highest BCUT2D eigenvalue weighted by molar-refractivity contribution is 5.97. The van der Waals surface area contributed by atoms with Gasteiger partial charge >= 0.3 is 0 Å². The lowest BCUT2D eigenvalue weighted by Crippen LogP contribution is -2.54. The molecule has 0 bridgehead atoms. The van der Waals surface area contributed by atoms with Crippen LogP contribution in [0.5, 0.6) is 11.5 Å². The molecule has 6 heteroatoms. The summed E-state index contributed by atoms with van der Waals surface area (Å²) in [6.07, 6.45) is 1.33. The largest absolute Gasteiger partial charge is 0.497 e. The van der Waals surface area contributed by atoms with E-state index in [1.807, 2.05) is 42.2 Å². The van der Waals surface area contributed by atoms with Crippen molar-refractivity contribution in [3.05, 3.63) is 59.7 Å². The first-order valence-electron chi connectivity index (χ1n) is 10.0. The quantitative estimate of drug-likeness (QED) is 0.869. The first kappa shape index (κ1) is 19.3. The van der Waals surface area contributed by atoms with Crippen LogP contribution in [-0.4, -0.2) is 49.1 Å². The topological polar surface area (TPSA) is 67.9 Å². The molecule has 152 valence electrons. The second-order valence-corrected chi connectivity index (χ2v) is 7.79. The third-order valence-electron chi connectivity index (χ3n) is 5.99. The minimum Gasteiger partial charge on any atom is -0.497 e. The molecule has 1 N–H and O–H groups in total. The lowest BCUT2D eigenvalue weighted by Gasteiger charge is -2.41. The summed E-state index contributed by atoms with van der Waals surface area (Å²) >= 11 is 0. The Morgan fingerprint density at radius 2 is 1.90 bits per heavy atom. The van der Waals surface area contributed by atoms with Gasteiger partial charge in [0.05, 0.1) is 25.1 Å². The fourth-order valence-electron chi connectivity index (χ4n) is 4.08. The van der Waals surface area contributed by atoms with Gasteiger partial charge in [-0.15, -0.1) is 0 Å². The highest BCUT2D eigenvalue weighted by Gasteiger charge is 2.41. The fourth-order valence-corrected chi connectivity index (χ4v) is 4.08. The van der Waals surface area contributed by atoms with Crippen LogP contribution in [-0.2, 0) is 4.79 Å². The van der Waals surface area contributed by atoms with Gasteiger partial charge < -0.3 is 19.7 Å². The Bertz CT molecular complexity index is 904. The average Bonchev–Trinajstić information content (AvgIpc) is 2.90. The average molecular weight is 394 g/mol. The van der Waals surface area contributed by atoms with Crippen molar-refractivity contribution in [1.82, 2.24) is 10.2 Å². The molecule has 2 heterocycles. The van der Waals surface area contributed by atoms with Crippen molar-refractivity contribution in [3.8, 4) is 11.5 Å². The van der Waals surface area contributed by atoms with E-state index >= 15 is 0 Å². The predicted octanol–water partition coefficient (Wildman–Crippen LogP) is 2.98. The molecule has 0 radical (unpaired) electrons. The first-order chi connectivity index (χ1) is 14.0. The van der Waals surface area contributed by atoms with Gasteiger partial charge in [-0.1, -0.05) is 30.3 Å². The molecule has 0 aromatic heterocycles. The molecule has 29 heavy (non-hydrogen) atoms. The first-order valence-corrected chi connectivity index (χ1v) is 10.0. The van der Waals surface area contributed by atoms with E-state index < -0.39 is 5.60 Å². The highest BCUT2D eigenvalue weighted by atomic mass is 16.5. The maximum absolute atomic E-state index is 13.0. The van der Waals surface area contributed by atoms with Gasteiger partial charge in [-0.05, 0) is 24.6 Å². The van der Waals surface area contributed by atoms with Crippen molar-refractivity contribution in [1.29, 1.82) is 0 Å². The number of nitrogens with zero attached hydrogens (tertiary/aromatic N) is 1. The van der Waals surface area contributed by atoms with Gasteiger partial charge in [0.15, 0.2) is 0 Å². The third-order valence-corrected chi connectivity index (χ3v) is 5.99. The molecule has 0 aliphatic carbocycles. The number of nitrogens with one attached hydrogen (secondary N) is 1. The zero-order valence-electron chi connectivity index (χ0n) is 16.8. The number of benzene rings is 2. The number of piperidine rings is 1. The van der Waals surface area contributed by atoms with Crippen LogP contribution in [0.2, 0.25) is 0 Å². The number of carbonyl (C=O) groups is 2. The molecule has 1 fully saturated rings. The summed E-state index contributed by atoms with van der Waals surface area (Å²) in [5, 5.41) is 2.98. The molecule has 1 unspecified atom stereocenters. The summed E-state index contributed by atoms with van der Waals surface area (Å²) in [4.78, 5) is 27.3. The number of rotatable bonds is 3. The number of ether oxygens (including phenoxy) is 2. The van der Waals surface area contributed by atoms with E-state index in [-0.39, 0.29) is 17.7 Å². The highest BCUT2D eigenvalue weighted by Crippen LogP contribution is 2.35. The van der Waals surface area contributed by atoms with E-state index in [2.05, 4.69) is 5.32 Å². The summed E-state index contributed by atoms with van der Waals surface area (Å²) in [5.41, 5.74) is 1.02. The minimum atomic E-state index is -0.514. The number of methoxy groups -OCH3 is 1. The number of fused-ring (bicyclic) bond motifs is 1. The Hall–Kier alpha value is -3.02. The molecule has 2 aliphatic heterocycles. The molecule has 2 amide bonds. The normalized spacial score (nSPS) is 18.8. The van der Waals surface area contributed by atoms with Gasteiger partial charge in [-0.2, -0.15) is 0 Å². The Kier molecular flexibility index (Phi) is 5.18. The van der Waals surface area contributed by atoms with Crippen LogP contribution in [0.15, 0.2) is 48.5 Å². The molecule has 1 spiro atoms. The number of amides is 2. The van der Waals surface area contributed by atoms with Crippen LogP contribution >= 0.6 is 0 Å². The van der Waals surface area contributed by atoms with Crippen molar-refractivity contribution in [2.24, 2.45) is 0 Å². The summed E-state index contributed by atoms with van der Waals surface area (Å²) < 4.78 is 11.7. The molecule has 1 atom stereocenters. The molecule has 1 saturated heterocycles. The van der Waals surface area contributed by atoms with Crippen LogP contribution in [0.3, 0.4) is 0 Å². The molecular weight excluding hydrogens is 368 g/mol. The van der Waals surface area contributed by atoms with E-state index in [0.29, 0.717) is 49.5 Å². The van der Waals surface area contributed by atoms with Gasteiger partial charge in [0.2, 0.25) is 5.91 Å². The van der Waals surface area contributed by atoms with E-state index in [9.17, 15) is 9.59 Å². The molecule has 2 aliphatic rings. The molecule has 2 aromatic carbocycles. The number of carbonyl (C=O) groups excluding carboxylic acids is 2. The van der Waals surface area contributed by atoms with E-state index in [1.165, 1.54) is 0 Å². The van der Waals surface area contributed by atoms with Crippen molar-refractivity contribution >= 4 is 11.8 Å². The van der Waals surface area contributed by atoms with Gasteiger partial charge in [0.25, 0.3) is 5.91 Å². The van der Waals surface area contributed by atoms with Crippen molar-refractivity contribution in [2.45, 2.75) is 31.3 Å². The zero-order valence-corrected chi connectivity index (χ0v) is 16.8. The van der Waals surface area contributed by atoms with Gasteiger partial charge in [0, 0.05) is 32.0 Å².